The summed E-state index contributed by atoms with van der Waals surface area (Å²) in [6.07, 6.45) is 1.44. The van der Waals surface area contributed by atoms with E-state index in [1.165, 1.54) is 6.20 Å². The molecule has 1 amide bonds. The van der Waals surface area contributed by atoms with Gasteiger partial charge in [-0.25, -0.2) is 9.48 Å². The smallest absolute Gasteiger partial charge is 0.342 e. The molecule has 7 heteroatoms. The van der Waals surface area contributed by atoms with E-state index in [4.69, 9.17) is 16.3 Å². The van der Waals surface area contributed by atoms with Crippen LogP contribution in [0, 0.1) is 6.92 Å². The van der Waals surface area contributed by atoms with Crippen molar-refractivity contribution in [2.45, 2.75) is 19.9 Å². The number of hydrogen-bond donors (Lipinski definition) is 0. The van der Waals surface area contributed by atoms with E-state index in [9.17, 15) is 9.59 Å². The van der Waals surface area contributed by atoms with E-state index in [0.29, 0.717) is 16.3 Å². The zero-order chi connectivity index (χ0) is 21.0. The Morgan fingerprint density at radius 1 is 1.14 bits per heavy atom. The third-order valence-corrected chi connectivity index (χ3v) is 5.14. The van der Waals surface area contributed by atoms with Gasteiger partial charge in [0, 0.05) is 12.1 Å². The van der Waals surface area contributed by atoms with Crippen molar-refractivity contribution in [3.8, 4) is 5.69 Å². The van der Waals surface area contributed by atoms with Crippen molar-refractivity contribution >= 4 is 23.5 Å². The molecule has 1 atom stereocenters. The Morgan fingerprint density at radius 3 is 2.45 bits per heavy atom. The van der Waals surface area contributed by atoms with Gasteiger partial charge in [0.05, 0.1) is 23.6 Å². The van der Waals surface area contributed by atoms with Gasteiger partial charge in [0.15, 0.2) is 6.61 Å². The molecule has 0 aliphatic heterocycles. The highest BCUT2D eigenvalue weighted by atomic mass is 35.5. The molecule has 2 aromatic carbocycles. The van der Waals surface area contributed by atoms with Crippen molar-refractivity contribution in [1.29, 1.82) is 0 Å². The lowest BCUT2D eigenvalue weighted by Gasteiger charge is -2.25. The van der Waals surface area contributed by atoms with Crippen LogP contribution in [0.3, 0.4) is 0 Å². The molecule has 0 radical (unpaired) electrons. The number of esters is 1. The van der Waals surface area contributed by atoms with Crippen molar-refractivity contribution in [2.24, 2.45) is 0 Å². The SMILES string of the molecule is Cc1c(C(=O)OCC(=O)N(C)C(C)c2ccccc2)cnn1-c1ccc(Cl)cc1. The summed E-state index contributed by atoms with van der Waals surface area (Å²) in [6, 6.07) is 16.7. The summed E-state index contributed by atoms with van der Waals surface area (Å²) in [5.41, 5.74) is 2.72. The van der Waals surface area contributed by atoms with Crippen LogP contribution in [-0.2, 0) is 9.53 Å². The van der Waals surface area contributed by atoms with Gasteiger partial charge in [-0.1, -0.05) is 41.9 Å². The molecular weight excluding hydrogens is 390 g/mol. The fraction of sp³-hybridized carbons (Fsp3) is 0.227. The Bertz CT molecular complexity index is 1000. The first kappa shape index (κ1) is 20.6. The van der Waals surface area contributed by atoms with Gasteiger partial charge in [-0.2, -0.15) is 5.10 Å². The Labute approximate surface area is 174 Å². The molecule has 1 unspecified atom stereocenters. The molecule has 0 N–H and O–H groups in total. The molecule has 6 nitrogen and oxygen atoms in total. The van der Waals surface area contributed by atoms with E-state index in [0.717, 1.165) is 11.3 Å². The molecule has 1 heterocycles. The predicted molar refractivity (Wildman–Crippen MR) is 111 cm³/mol. The average molecular weight is 412 g/mol. The van der Waals surface area contributed by atoms with Crippen LogP contribution in [0.4, 0.5) is 0 Å². The molecule has 0 aliphatic carbocycles. The first-order valence-electron chi connectivity index (χ1n) is 9.16. The predicted octanol–water partition coefficient (Wildman–Crippen LogP) is 4.21. The Kier molecular flexibility index (Phi) is 6.34. The van der Waals surface area contributed by atoms with E-state index < -0.39 is 5.97 Å². The van der Waals surface area contributed by atoms with Gasteiger partial charge in [0.1, 0.15) is 5.56 Å². The number of rotatable bonds is 6. The fourth-order valence-electron chi connectivity index (χ4n) is 2.93. The van der Waals surface area contributed by atoms with Crippen molar-refractivity contribution in [1.82, 2.24) is 14.7 Å². The number of aromatic nitrogens is 2. The van der Waals surface area contributed by atoms with Crippen LogP contribution in [0.15, 0.2) is 60.8 Å². The molecule has 150 valence electrons. The van der Waals surface area contributed by atoms with Crippen LogP contribution < -0.4 is 0 Å². The third kappa shape index (κ3) is 4.66. The second-order valence-electron chi connectivity index (χ2n) is 6.70. The number of hydrogen-bond acceptors (Lipinski definition) is 4. The maximum atomic E-state index is 12.5. The van der Waals surface area contributed by atoms with E-state index in [2.05, 4.69) is 5.10 Å². The quantitative estimate of drug-likeness (QED) is 0.570. The van der Waals surface area contributed by atoms with Crippen LogP contribution in [0.25, 0.3) is 5.69 Å². The normalized spacial score (nSPS) is 11.7. The number of carbonyl (C=O) groups is 2. The van der Waals surface area contributed by atoms with E-state index in [-0.39, 0.29) is 18.6 Å². The second-order valence-corrected chi connectivity index (χ2v) is 7.14. The van der Waals surface area contributed by atoms with E-state index in [1.807, 2.05) is 37.3 Å². The molecule has 0 aliphatic rings. The summed E-state index contributed by atoms with van der Waals surface area (Å²) in [4.78, 5) is 26.5. The van der Waals surface area contributed by atoms with Crippen LogP contribution in [0.1, 0.15) is 34.6 Å². The number of halogens is 1. The summed E-state index contributed by atoms with van der Waals surface area (Å²) in [5.74, 6) is -0.866. The number of likely N-dealkylation sites (N-methyl/N-ethyl adjacent to an activating group) is 1. The molecule has 1 aromatic heterocycles. The lowest BCUT2D eigenvalue weighted by atomic mass is 10.1. The molecule has 0 bridgehead atoms. The van der Waals surface area contributed by atoms with Crippen LogP contribution in [0.2, 0.25) is 5.02 Å². The zero-order valence-corrected chi connectivity index (χ0v) is 17.3. The Morgan fingerprint density at radius 2 is 1.79 bits per heavy atom. The summed E-state index contributed by atoms with van der Waals surface area (Å²) in [6.45, 7) is 3.36. The largest absolute Gasteiger partial charge is 0.452 e. The highest BCUT2D eigenvalue weighted by Crippen LogP contribution is 2.19. The first-order valence-corrected chi connectivity index (χ1v) is 9.54. The van der Waals surface area contributed by atoms with Crippen LogP contribution in [-0.4, -0.2) is 40.2 Å². The summed E-state index contributed by atoms with van der Waals surface area (Å²) >= 11 is 5.91. The third-order valence-electron chi connectivity index (χ3n) is 4.88. The van der Waals surface area contributed by atoms with Gasteiger partial charge in [-0.3, -0.25) is 4.79 Å². The van der Waals surface area contributed by atoms with Gasteiger partial charge in [0.2, 0.25) is 0 Å². The summed E-state index contributed by atoms with van der Waals surface area (Å²) < 4.78 is 6.86. The molecule has 0 saturated heterocycles. The lowest BCUT2D eigenvalue weighted by Crippen LogP contribution is -2.33. The number of benzene rings is 2. The number of carbonyl (C=O) groups excluding carboxylic acids is 2. The topological polar surface area (TPSA) is 64.4 Å². The van der Waals surface area contributed by atoms with Gasteiger partial charge < -0.3 is 9.64 Å². The maximum absolute atomic E-state index is 12.5. The van der Waals surface area contributed by atoms with Gasteiger partial charge in [-0.15, -0.1) is 0 Å². The molecule has 0 saturated carbocycles. The Balaban J connectivity index is 1.63. The van der Waals surface area contributed by atoms with Crippen molar-refractivity contribution in [3.63, 3.8) is 0 Å². The minimum atomic E-state index is -0.586. The summed E-state index contributed by atoms with van der Waals surface area (Å²) in [7, 11) is 1.69. The van der Waals surface area contributed by atoms with Crippen LogP contribution in [0.5, 0.6) is 0 Å². The molecule has 0 fully saturated rings. The maximum Gasteiger partial charge on any atom is 0.342 e. The molecule has 3 rings (SSSR count). The second kappa shape index (κ2) is 8.92. The fourth-order valence-corrected chi connectivity index (χ4v) is 3.06. The van der Waals surface area contributed by atoms with Gasteiger partial charge >= 0.3 is 5.97 Å². The number of nitrogens with zero attached hydrogens (tertiary/aromatic N) is 3. The number of amides is 1. The minimum absolute atomic E-state index is 0.128. The van der Waals surface area contributed by atoms with Crippen molar-refractivity contribution in [2.75, 3.05) is 13.7 Å². The minimum Gasteiger partial charge on any atom is -0.452 e. The number of ether oxygens (including phenoxy) is 1. The standard InChI is InChI=1S/C22H22ClN3O3/c1-15(17-7-5-4-6-8-17)25(3)21(27)14-29-22(28)20-13-24-26(16(20)2)19-11-9-18(23)10-12-19/h4-13,15H,14H2,1-3H3. The zero-order valence-electron chi connectivity index (χ0n) is 16.5. The average Bonchev–Trinajstić information content (AvgIpc) is 3.13. The molecule has 29 heavy (non-hydrogen) atoms. The van der Waals surface area contributed by atoms with Crippen molar-refractivity contribution in [3.05, 3.63) is 82.6 Å². The Hall–Kier alpha value is -3.12. The highest BCUT2D eigenvalue weighted by Gasteiger charge is 2.21. The van der Waals surface area contributed by atoms with Crippen LogP contribution >= 0.6 is 11.6 Å². The monoisotopic (exact) mass is 411 g/mol. The summed E-state index contributed by atoms with van der Waals surface area (Å²) in [5, 5.41) is 4.86. The first-order chi connectivity index (χ1) is 13.9. The van der Waals surface area contributed by atoms with Gasteiger partial charge in [-0.05, 0) is 43.7 Å². The molecule has 0 spiro atoms. The van der Waals surface area contributed by atoms with E-state index >= 15 is 0 Å². The molecule has 3 aromatic rings. The van der Waals surface area contributed by atoms with E-state index in [1.54, 1.807) is 47.8 Å². The van der Waals surface area contributed by atoms with Gasteiger partial charge in [0.25, 0.3) is 5.91 Å². The molecular formula is C22H22ClN3O3. The lowest BCUT2D eigenvalue weighted by molar-refractivity contribution is -0.135. The van der Waals surface area contributed by atoms with Crippen molar-refractivity contribution < 1.29 is 14.3 Å². The highest BCUT2D eigenvalue weighted by molar-refractivity contribution is 6.30.